The Morgan fingerprint density at radius 3 is 1.37 bits per heavy atom. The number of quaternary nitrogens is 1. The second-order valence-corrected chi connectivity index (χ2v) is 22.2. The molecule has 0 heterocycles. The zero-order chi connectivity index (χ0) is 52.2. The smallest absolute Gasteiger partial charge is 0.306 e. The molecule has 0 aliphatic rings. The summed E-state index contributed by atoms with van der Waals surface area (Å²) in [7, 11) is 1.17. The number of ether oxygens (including phenoxy) is 1. The number of likely N-dealkylation sites (N-methyl/N-ethyl adjacent to an activating group) is 1. The van der Waals surface area contributed by atoms with Crippen molar-refractivity contribution in [2.75, 3.05) is 40.9 Å². The number of allylic oxidation sites excluding steroid dienone is 11. The van der Waals surface area contributed by atoms with Gasteiger partial charge in [0, 0.05) is 12.8 Å². The van der Waals surface area contributed by atoms with Crippen molar-refractivity contribution in [2.24, 2.45) is 0 Å². The fraction of sp³-hybridized carbons (Fsp3) is 0.770. The van der Waals surface area contributed by atoms with E-state index < -0.39 is 26.6 Å². The summed E-state index contributed by atoms with van der Waals surface area (Å²) in [6.07, 6.45) is 64.4. The third-order valence-electron chi connectivity index (χ3n) is 12.6. The van der Waals surface area contributed by atoms with E-state index in [0.29, 0.717) is 17.4 Å². The maximum atomic E-state index is 13.5. The standard InChI is InChI=1S/C61H111N2O7P/c1-7-10-13-16-19-22-25-26-27-28-29-30-31-32-33-34-35-36-39-41-44-47-50-53-60(64)62-58(57-69-71(66,67)68-56-55-63(4,5)6)59(52-49-46-43-40-37-23-20-17-14-11-8-2)70-61(65)54-51-48-45-42-38-24-21-18-15-12-9-3/h18-19,21-22,26-27,29-30,32-33,49,52,58-59H,7-17,20,23-25,28,31,34-48,50-51,53-57H2,1-6H3,(H-,62,64,66,67)/b21-18-,22-19-,27-26-,30-29-,33-32-,52-49-. The van der Waals surface area contributed by atoms with Gasteiger partial charge in [-0.3, -0.25) is 14.2 Å². The summed E-state index contributed by atoms with van der Waals surface area (Å²) < 4.78 is 30.2. The molecule has 0 spiro atoms. The van der Waals surface area contributed by atoms with E-state index in [0.717, 1.165) is 116 Å². The number of hydrogen-bond acceptors (Lipinski definition) is 7. The zero-order valence-electron chi connectivity index (χ0n) is 46.9. The molecule has 0 fully saturated rings. The maximum absolute atomic E-state index is 13.5. The lowest BCUT2D eigenvalue weighted by Crippen LogP contribution is -2.47. The molecule has 1 N–H and O–H groups in total. The Kier molecular flexibility index (Phi) is 49.1. The minimum Gasteiger partial charge on any atom is -0.756 e. The van der Waals surface area contributed by atoms with Crippen LogP contribution in [0.3, 0.4) is 0 Å². The number of carbonyl (C=O) groups excluding carboxylic acids is 2. The van der Waals surface area contributed by atoms with Crippen LogP contribution in [0.2, 0.25) is 0 Å². The Balaban J connectivity index is 5.20. The predicted octanol–water partition coefficient (Wildman–Crippen LogP) is 17.0. The van der Waals surface area contributed by atoms with Gasteiger partial charge in [-0.2, -0.15) is 0 Å². The van der Waals surface area contributed by atoms with Gasteiger partial charge in [0.1, 0.15) is 19.3 Å². The van der Waals surface area contributed by atoms with Crippen LogP contribution in [0, 0.1) is 0 Å². The van der Waals surface area contributed by atoms with Crippen molar-refractivity contribution in [1.29, 1.82) is 0 Å². The quantitative estimate of drug-likeness (QED) is 0.0212. The number of unbranched alkanes of at least 4 members (excludes halogenated alkanes) is 26. The molecule has 71 heavy (non-hydrogen) atoms. The molecule has 3 atom stereocenters. The SMILES string of the molecule is CCCC/C=C\CCCCCCCC(=O)OC(/C=C\CCCCCCCCCCC)C(COP(=O)([O-])OCC[N+](C)(C)C)NC(=O)CCCCCCCCC/C=C\C/C=C\C/C=C\C/C=C\CCCCC. The Labute approximate surface area is 438 Å². The minimum absolute atomic E-state index is 0.0284. The second-order valence-electron chi connectivity index (χ2n) is 20.8. The molecule has 0 aromatic carbocycles. The molecule has 0 aromatic heterocycles. The molecule has 0 radical (unpaired) electrons. The van der Waals surface area contributed by atoms with Gasteiger partial charge in [0.2, 0.25) is 5.91 Å². The number of esters is 1. The molecule has 0 aromatic rings. The van der Waals surface area contributed by atoms with E-state index >= 15 is 0 Å². The lowest BCUT2D eigenvalue weighted by molar-refractivity contribution is -0.870. The van der Waals surface area contributed by atoms with Crippen molar-refractivity contribution < 1.29 is 37.3 Å². The van der Waals surface area contributed by atoms with E-state index in [2.05, 4.69) is 86.8 Å². The highest BCUT2D eigenvalue weighted by Gasteiger charge is 2.27. The molecule has 9 nitrogen and oxygen atoms in total. The molecule has 0 aliphatic heterocycles. The van der Waals surface area contributed by atoms with Gasteiger partial charge in [-0.15, -0.1) is 0 Å². The third kappa shape index (κ3) is 52.1. The summed E-state index contributed by atoms with van der Waals surface area (Å²) in [6, 6.07) is -0.898. The summed E-state index contributed by atoms with van der Waals surface area (Å²) in [5.41, 5.74) is 0. The van der Waals surface area contributed by atoms with Gasteiger partial charge in [-0.05, 0) is 96.0 Å². The topological polar surface area (TPSA) is 114 Å². The number of phosphoric ester groups is 1. The van der Waals surface area contributed by atoms with E-state index in [9.17, 15) is 19.0 Å². The Hall–Kier alpha value is -2.55. The normalized spacial score (nSPS) is 14.3. The summed E-state index contributed by atoms with van der Waals surface area (Å²) in [5.74, 6) is -0.567. The van der Waals surface area contributed by atoms with Crippen molar-refractivity contribution in [2.45, 2.75) is 264 Å². The predicted molar refractivity (Wildman–Crippen MR) is 302 cm³/mol. The average Bonchev–Trinajstić information content (AvgIpc) is 3.33. The van der Waals surface area contributed by atoms with Crippen LogP contribution in [-0.4, -0.2) is 69.4 Å². The van der Waals surface area contributed by atoms with Gasteiger partial charge >= 0.3 is 5.97 Å². The van der Waals surface area contributed by atoms with Crippen LogP contribution in [0.4, 0.5) is 0 Å². The van der Waals surface area contributed by atoms with Crippen molar-refractivity contribution in [3.8, 4) is 0 Å². The van der Waals surface area contributed by atoms with Crippen LogP contribution in [-0.2, 0) is 27.9 Å². The van der Waals surface area contributed by atoms with Gasteiger partial charge in [0.25, 0.3) is 7.82 Å². The highest BCUT2D eigenvalue weighted by atomic mass is 31.2. The van der Waals surface area contributed by atoms with Crippen molar-refractivity contribution in [3.05, 3.63) is 72.9 Å². The minimum atomic E-state index is -4.70. The monoisotopic (exact) mass is 1010 g/mol. The number of amides is 1. The van der Waals surface area contributed by atoms with E-state index in [-0.39, 0.29) is 24.9 Å². The summed E-state index contributed by atoms with van der Waals surface area (Å²) in [6.45, 7) is 6.74. The van der Waals surface area contributed by atoms with E-state index in [1.165, 1.54) is 103 Å². The van der Waals surface area contributed by atoms with Crippen LogP contribution >= 0.6 is 7.82 Å². The fourth-order valence-corrected chi connectivity index (χ4v) is 8.74. The molecule has 412 valence electrons. The zero-order valence-corrected chi connectivity index (χ0v) is 47.8. The van der Waals surface area contributed by atoms with Gasteiger partial charge in [-0.1, -0.05) is 216 Å². The molecule has 0 rings (SSSR count). The first-order valence-electron chi connectivity index (χ1n) is 29.2. The fourth-order valence-electron chi connectivity index (χ4n) is 8.01. The number of phosphoric acid groups is 1. The number of carbonyl (C=O) groups is 2. The average molecular weight is 1020 g/mol. The lowest BCUT2D eigenvalue weighted by Gasteiger charge is -2.30. The second kappa shape index (κ2) is 51.0. The summed E-state index contributed by atoms with van der Waals surface area (Å²) in [5, 5.41) is 3.01. The number of nitrogens with zero attached hydrogens (tertiary/aromatic N) is 1. The van der Waals surface area contributed by atoms with Crippen molar-refractivity contribution in [1.82, 2.24) is 5.32 Å². The molecule has 0 bridgehead atoms. The molecule has 0 saturated carbocycles. The van der Waals surface area contributed by atoms with Crippen LogP contribution in [0.5, 0.6) is 0 Å². The van der Waals surface area contributed by atoms with Crippen molar-refractivity contribution >= 4 is 19.7 Å². The lowest BCUT2D eigenvalue weighted by atomic mass is 10.1. The largest absolute Gasteiger partial charge is 0.756 e. The maximum Gasteiger partial charge on any atom is 0.306 e. The van der Waals surface area contributed by atoms with Gasteiger partial charge in [-0.25, -0.2) is 0 Å². The molecular formula is C61H111N2O7P. The number of hydrogen-bond donors (Lipinski definition) is 1. The Morgan fingerprint density at radius 2 is 0.873 bits per heavy atom. The molecule has 0 saturated heterocycles. The van der Waals surface area contributed by atoms with Crippen LogP contribution < -0.4 is 10.2 Å². The van der Waals surface area contributed by atoms with Gasteiger partial charge < -0.3 is 28.5 Å². The van der Waals surface area contributed by atoms with Crippen LogP contribution in [0.15, 0.2) is 72.9 Å². The third-order valence-corrected chi connectivity index (χ3v) is 13.6. The molecular weight excluding hydrogens is 904 g/mol. The number of rotatable bonds is 52. The van der Waals surface area contributed by atoms with E-state index in [1.807, 2.05) is 33.3 Å². The number of nitrogens with one attached hydrogen (secondary N) is 1. The first kappa shape index (κ1) is 68.5. The van der Waals surface area contributed by atoms with Crippen molar-refractivity contribution in [3.63, 3.8) is 0 Å². The molecule has 1 amide bonds. The van der Waals surface area contributed by atoms with Crippen LogP contribution in [0.25, 0.3) is 0 Å². The van der Waals surface area contributed by atoms with E-state index in [1.54, 1.807) is 0 Å². The molecule has 3 unspecified atom stereocenters. The Morgan fingerprint density at radius 1 is 0.493 bits per heavy atom. The first-order valence-corrected chi connectivity index (χ1v) is 30.7. The van der Waals surface area contributed by atoms with Crippen LogP contribution in [0.1, 0.15) is 252 Å². The Bertz CT molecular complexity index is 1450. The van der Waals surface area contributed by atoms with Gasteiger partial charge in [0.05, 0.1) is 33.8 Å². The van der Waals surface area contributed by atoms with E-state index in [4.69, 9.17) is 13.8 Å². The van der Waals surface area contributed by atoms with Gasteiger partial charge in [0.15, 0.2) is 0 Å². The highest BCUT2D eigenvalue weighted by molar-refractivity contribution is 7.45. The molecule has 10 heteroatoms. The summed E-state index contributed by atoms with van der Waals surface area (Å²) >= 11 is 0. The highest BCUT2D eigenvalue weighted by Crippen LogP contribution is 2.38. The first-order chi connectivity index (χ1) is 34.4. The molecule has 0 aliphatic carbocycles. The summed E-state index contributed by atoms with van der Waals surface area (Å²) in [4.78, 5) is 39.8.